The first-order valence-corrected chi connectivity index (χ1v) is 9.62. The second-order valence-electron chi connectivity index (χ2n) is 6.15. The Balaban J connectivity index is 1.62. The normalized spacial score (nSPS) is 12.4. The summed E-state index contributed by atoms with van der Waals surface area (Å²) < 4.78 is 12.1. The molecule has 0 aliphatic heterocycles. The Hall–Kier alpha value is -2.70. The first kappa shape index (κ1) is 18.7. The molecule has 28 heavy (non-hydrogen) atoms. The first-order valence-electron chi connectivity index (χ1n) is 8.45. The Morgan fingerprint density at radius 1 is 1.14 bits per heavy atom. The van der Waals surface area contributed by atoms with Gasteiger partial charge in [0, 0.05) is 20.8 Å². The van der Waals surface area contributed by atoms with Gasteiger partial charge in [0.15, 0.2) is 5.76 Å². The van der Waals surface area contributed by atoms with E-state index >= 15 is 0 Å². The number of ether oxygens (including phenoxy) is 1. The van der Waals surface area contributed by atoms with E-state index in [0.29, 0.717) is 22.2 Å². The van der Waals surface area contributed by atoms with E-state index in [0.717, 1.165) is 32.1 Å². The molecule has 0 saturated carbocycles. The van der Waals surface area contributed by atoms with Gasteiger partial charge in [-0.1, -0.05) is 27.5 Å². The van der Waals surface area contributed by atoms with Crippen molar-refractivity contribution in [2.75, 3.05) is 7.11 Å². The molecule has 0 bridgehead atoms. The number of halogens is 2. The second-order valence-corrected chi connectivity index (χ2v) is 7.42. The van der Waals surface area contributed by atoms with Crippen LogP contribution in [-0.4, -0.2) is 24.0 Å². The van der Waals surface area contributed by atoms with E-state index in [4.69, 9.17) is 20.8 Å². The fraction of sp³-hybridized carbons (Fsp3) is 0.0952. The van der Waals surface area contributed by atoms with Crippen LogP contribution in [0.4, 0.5) is 0 Å². The zero-order valence-corrected chi connectivity index (χ0v) is 17.5. The third-order valence-corrected chi connectivity index (χ3v) is 5.04. The molecule has 0 atom stereocenters. The van der Waals surface area contributed by atoms with Crippen molar-refractivity contribution in [1.82, 2.24) is 4.98 Å². The molecule has 0 spiro atoms. The van der Waals surface area contributed by atoms with Crippen LogP contribution in [0.2, 0.25) is 5.15 Å². The van der Waals surface area contributed by atoms with E-state index in [-0.39, 0.29) is 0 Å². The molecule has 4 aromatic rings. The summed E-state index contributed by atoms with van der Waals surface area (Å²) >= 11 is 9.73. The molecule has 0 saturated heterocycles. The van der Waals surface area contributed by atoms with Crippen molar-refractivity contribution in [2.24, 2.45) is 10.2 Å². The Morgan fingerprint density at radius 3 is 2.82 bits per heavy atom. The van der Waals surface area contributed by atoms with E-state index in [1.54, 1.807) is 13.3 Å². The predicted octanol–water partition coefficient (Wildman–Crippen LogP) is 6.25. The van der Waals surface area contributed by atoms with Crippen molar-refractivity contribution in [3.63, 3.8) is 0 Å². The summed E-state index contributed by atoms with van der Waals surface area (Å²) in [6.45, 7) is 1.84. The fourth-order valence-corrected chi connectivity index (χ4v) is 3.36. The molecule has 2 heterocycles. The third-order valence-electron chi connectivity index (χ3n) is 4.24. The van der Waals surface area contributed by atoms with E-state index < -0.39 is 0 Å². The lowest BCUT2D eigenvalue weighted by atomic mass is 10.1. The summed E-state index contributed by atoms with van der Waals surface area (Å²) in [5.41, 5.74) is 2.92. The number of nitrogens with zero attached hydrogens (tertiary/aromatic N) is 3. The summed E-state index contributed by atoms with van der Waals surface area (Å²) in [5.74, 6) is 1.42. The molecule has 0 aliphatic carbocycles. The summed E-state index contributed by atoms with van der Waals surface area (Å²) in [4.78, 5) is 4.39. The van der Waals surface area contributed by atoms with Crippen LogP contribution in [0.15, 0.2) is 67.6 Å². The van der Waals surface area contributed by atoms with Crippen molar-refractivity contribution in [3.8, 4) is 5.75 Å². The molecule has 2 aromatic heterocycles. The van der Waals surface area contributed by atoms with Gasteiger partial charge in [-0.15, -0.1) is 0 Å². The Kier molecular flexibility index (Phi) is 5.15. The predicted molar refractivity (Wildman–Crippen MR) is 117 cm³/mol. The number of fused-ring (bicyclic) bond motifs is 2. The highest BCUT2D eigenvalue weighted by Crippen LogP contribution is 2.25. The van der Waals surface area contributed by atoms with Crippen LogP contribution >= 0.6 is 27.5 Å². The summed E-state index contributed by atoms with van der Waals surface area (Å²) in [6.07, 6.45) is 1.58. The van der Waals surface area contributed by atoms with Gasteiger partial charge >= 0.3 is 0 Å². The van der Waals surface area contributed by atoms with Gasteiger partial charge in [0.05, 0.1) is 18.8 Å². The highest BCUT2D eigenvalue weighted by atomic mass is 79.9. The molecule has 2 aromatic carbocycles. The monoisotopic (exact) mass is 455 g/mol. The minimum atomic E-state index is 0.364. The molecule has 0 aliphatic rings. The van der Waals surface area contributed by atoms with Crippen molar-refractivity contribution >= 4 is 61.3 Å². The van der Waals surface area contributed by atoms with Gasteiger partial charge in [0.1, 0.15) is 22.2 Å². The lowest BCUT2D eigenvalue weighted by Crippen LogP contribution is -1.92. The third kappa shape index (κ3) is 3.79. The van der Waals surface area contributed by atoms with Gasteiger partial charge < -0.3 is 9.15 Å². The maximum absolute atomic E-state index is 6.27. The molecule has 5 nitrogen and oxygen atoms in total. The second kappa shape index (κ2) is 7.73. The Labute approximate surface area is 174 Å². The maximum atomic E-state index is 6.27. The molecular formula is C21H15BrClN3O2. The fourth-order valence-electron chi connectivity index (χ4n) is 2.78. The van der Waals surface area contributed by atoms with Gasteiger partial charge in [-0.3, -0.25) is 0 Å². The van der Waals surface area contributed by atoms with E-state index in [9.17, 15) is 0 Å². The van der Waals surface area contributed by atoms with Crippen molar-refractivity contribution in [3.05, 3.63) is 69.5 Å². The Morgan fingerprint density at radius 2 is 2.00 bits per heavy atom. The van der Waals surface area contributed by atoms with Gasteiger partial charge in [-0.2, -0.15) is 10.2 Å². The Bertz CT molecular complexity index is 1250. The van der Waals surface area contributed by atoms with Crippen molar-refractivity contribution in [1.29, 1.82) is 0 Å². The number of hydrogen-bond acceptors (Lipinski definition) is 5. The molecular weight excluding hydrogens is 442 g/mol. The van der Waals surface area contributed by atoms with Crippen molar-refractivity contribution < 1.29 is 9.15 Å². The van der Waals surface area contributed by atoms with Crippen LogP contribution in [0.3, 0.4) is 0 Å². The summed E-state index contributed by atoms with van der Waals surface area (Å²) in [6, 6.07) is 15.3. The molecule has 0 radical (unpaired) electrons. The van der Waals surface area contributed by atoms with Crippen LogP contribution in [0.5, 0.6) is 5.75 Å². The summed E-state index contributed by atoms with van der Waals surface area (Å²) in [7, 11) is 1.63. The minimum Gasteiger partial charge on any atom is -0.497 e. The van der Waals surface area contributed by atoms with Gasteiger partial charge in [0.25, 0.3) is 0 Å². The highest BCUT2D eigenvalue weighted by Gasteiger charge is 2.07. The smallest absolute Gasteiger partial charge is 0.151 e. The number of rotatable bonds is 4. The largest absolute Gasteiger partial charge is 0.497 e. The molecule has 0 amide bonds. The van der Waals surface area contributed by atoms with E-state index in [1.165, 1.54) is 0 Å². The van der Waals surface area contributed by atoms with Crippen LogP contribution in [0, 0.1) is 0 Å². The van der Waals surface area contributed by atoms with Crippen LogP contribution in [-0.2, 0) is 0 Å². The molecule has 0 fully saturated rings. The quantitative estimate of drug-likeness (QED) is 0.207. The molecule has 140 valence electrons. The number of aromatic nitrogens is 1. The number of pyridine rings is 1. The maximum Gasteiger partial charge on any atom is 0.151 e. The number of hydrogen-bond donors (Lipinski definition) is 0. The van der Waals surface area contributed by atoms with Crippen LogP contribution in [0.25, 0.3) is 21.9 Å². The van der Waals surface area contributed by atoms with Gasteiger partial charge in [-0.05, 0) is 55.5 Å². The zero-order valence-electron chi connectivity index (χ0n) is 15.1. The van der Waals surface area contributed by atoms with Crippen LogP contribution < -0.4 is 4.74 Å². The number of methoxy groups -OCH3 is 1. The first-order chi connectivity index (χ1) is 13.5. The molecule has 7 heteroatoms. The summed E-state index contributed by atoms with van der Waals surface area (Å²) in [5, 5.41) is 10.7. The number of benzene rings is 2. The lowest BCUT2D eigenvalue weighted by molar-refractivity contribution is 0.415. The lowest BCUT2D eigenvalue weighted by Gasteiger charge is -2.04. The molecule has 0 unspecified atom stereocenters. The highest BCUT2D eigenvalue weighted by molar-refractivity contribution is 9.10. The molecule has 4 rings (SSSR count). The number of furan rings is 1. The standard InChI is InChI=1S/C21H15BrClN3O2/c1-12(20-10-14-8-16(22)3-6-19(14)28-20)26-24-11-15-7-13-9-17(27-2)4-5-18(13)25-21(15)23/h3-11H,1-2H3/b24-11+,26-12+. The van der Waals surface area contributed by atoms with Crippen LogP contribution in [0.1, 0.15) is 18.2 Å². The SMILES string of the molecule is COc1ccc2nc(Cl)c(/C=N/N=C(\C)c3cc4cc(Br)ccc4o3)cc2c1. The topological polar surface area (TPSA) is 60.0 Å². The van der Waals surface area contributed by atoms with Crippen molar-refractivity contribution in [2.45, 2.75) is 6.92 Å². The van der Waals surface area contributed by atoms with Gasteiger partial charge in [0.2, 0.25) is 0 Å². The average molecular weight is 457 g/mol. The minimum absolute atomic E-state index is 0.364. The average Bonchev–Trinajstić information content (AvgIpc) is 3.11. The van der Waals surface area contributed by atoms with Gasteiger partial charge in [-0.25, -0.2) is 4.98 Å². The zero-order chi connectivity index (χ0) is 19.7. The molecule has 0 N–H and O–H groups in total. The van der Waals surface area contributed by atoms with E-state index in [1.807, 2.05) is 55.5 Å². The van der Waals surface area contributed by atoms with E-state index in [2.05, 4.69) is 31.1 Å².